The van der Waals surface area contributed by atoms with Crippen LogP contribution < -0.4 is 10.5 Å². The molecule has 2 aromatic heterocycles. The molecule has 1 unspecified atom stereocenters. The van der Waals surface area contributed by atoms with Crippen LogP contribution in [-0.4, -0.2) is 17.8 Å². The minimum Gasteiger partial charge on any atom is -0.488 e. The first-order valence-electron chi connectivity index (χ1n) is 7.26. The number of rotatable bonds is 3. The number of thiophene rings is 1. The van der Waals surface area contributed by atoms with E-state index in [4.69, 9.17) is 15.0 Å². The Morgan fingerprint density at radius 3 is 2.91 bits per heavy atom. The average molecular weight is 312 g/mol. The van der Waals surface area contributed by atoms with Gasteiger partial charge in [0.25, 0.3) is 0 Å². The highest BCUT2D eigenvalue weighted by Gasteiger charge is 2.26. The highest BCUT2D eigenvalue weighted by Crippen LogP contribution is 2.43. The fraction of sp³-hybridized carbons (Fsp3) is 0.235. The number of aromatic nitrogens is 1. The molecule has 22 heavy (non-hydrogen) atoms. The van der Waals surface area contributed by atoms with Gasteiger partial charge in [-0.2, -0.15) is 0 Å². The normalized spacial score (nSPS) is 16.5. The third-order valence-corrected chi connectivity index (χ3v) is 5.01. The maximum absolute atomic E-state index is 6.04. The highest BCUT2D eigenvalue weighted by atomic mass is 32.1. The van der Waals surface area contributed by atoms with Crippen molar-refractivity contribution in [3.8, 4) is 26.8 Å². The van der Waals surface area contributed by atoms with E-state index in [1.54, 1.807) is 17.6 Å². The second kappa shape index (κ2) is 5.26. The van der Waals surface area contributed by atoms with E-state index in [0.29, 0.717) is 6.54 Å². The summed E-state index contributed by atoms with van der Waals surface area (Å²) in [7, 11) is 0. The van der Waals surface area contributed by atoms with Crippen molar-refractivity contribution >= 4 is 11.3 Å². The molecule has 1 aliphatic heterocycles. The quantitative estimate of drug-likeness (QED) is 0.802. The van der Waals surface area contributed by atoms with Gasteiger partial charge in [-0.3, -0.25) is 0 Å². The number of nitrogens with zero attached hydrogens (tertiary/aromatic N) is 1. The van der Waals surface area contributed by atoms with Crippen molar-refractivity contribution in [2.24, 2.45) is 5.73 Å². The molecule has 5 heteroatoms. The minimum atomic E-state index is 0.0884. The lowest BCUT2D eigenvalue weighted by Crippen LogP contribution is -2.24. The van der Waals surface area contributed by atoms with Crippen LogP contribution >= 0.6 is 11.3 Å². The molecule has 0 aliphatic carbocycles. The maximum Gasteiger partial charge on any atom is 0.131 e. The van der Waals surface area contributed by atoms with E-state index in [1.807, 2.05) is 6.07 Å². The summed E-state index contributed by atoms with van der Waals surface area (Å²) in [4.78, 5) is 2.27. The summed E-state index contributed by atoms with van der Waals surface area (Å²) in [6.07, 6.45) is 2.57. The van der Waals surface area contributed by atoms with Crippen LogP contribution in [0.4, 0.5) is 0 Å². The fourth-order valence-corrected chi connectivity index (χ4v) is 3.85. The summed E-state index contributed by atoms with van der Waals surface area (Å²) in [5.41, 5.74) is 10.3. The number of hydrogen-bond donors (Lipinski definition) is 1. The second-order valence-corrected chi connectivity index (χ2v) is 6.61. The van der Waals surface area contributed by atoms with Crippen molar-refractivity contribution in [2.75, 3.05) is 6.54 Å². The molecule has 0 bridgehead atoms. The highest BCUT2D eigenvalue weighted by molar-refractivity contribution is 7.18. The van der Waals surface area contributed by atoms with Crippen LogP contribution in [0.2, 0.25) is 0 Å². The Morgan fingerprint density at radius 2 is 2.14 bits per heavy atom. The molecule has 0 amide bonds. The topological polar surface area (TPSA) is 61.3 Å². The van der Waals surface area contributed by atoms with Crippen LogP contribution in [0.15, 0.2) is 41.1 Å². The molecular weight excluding hydrogens is 296 g/mol. The first kappa shape index (κ1) is 13.5. The molecule has 1 aromatic carbocycles. The van der Waals surface area contributed by atoms with E-state index in [-0.39, 0.29) is 6.10 Å². The lowest BCUT2D eigenvalue weighted by molar-refractivity contribution is 0.242. The van der Waals surface area contributed by atoms with Gasteiger partial charge in [0, 0.05) is 29.5 Å². The van der Waals surface area contributed by atoms with Crippen molar-refractivity contribution in [1.82, 2.24) is 5.16 Å². The van der Waals surface area contributed by atoms with Crippen LogP contribution in [0.25, 0.3) is 21.0 Å². The van der Waals surface area contributed by atoms with E-state index < -0.39 is 0 Å². The van der Waals surface area contributed by atoms with E-state index in [1.165, 1.54) is 16.0 Å². The van der Waals surface area contributed by atoms with Crippen molar-refractivity contribution in [2.45, 2.75) is 19.4 Å². The lowest BCUT2D eigenvalue weighted by Gasteiger charge is -2.10. The van der Waals surface area contributed by atoms with E-state index in [0.717, 1.165) is 28.3 Å². The smallest absolute Gasteiger partial charge is 0.131 e. The van der Waals surface area contributed by atoms with Crippen molar-refractivity contribution in [3.05, 3.63) is 47.7 Å². The number of fused-ring (bicyclic) bond motifs is 1. The monoisotopic (exact) mass is 312 g/mol. The van der Waals surface area contributed by atoms with Gasteiger partial charge in [-0.05, 0) is 36.2 Å². The van der Waals surface area contributed by atoms with Crippen molar-refractivity contribution in [3.63, 3.8) is 0 Å². The number of nitrogens with two attached hydrogens (primary N) is 1. The number of ether oxygens (including phenoxy) is 1. The van der Waals surface area contributed by atoms with Crippen molar-refractivity contribution < 1.29 is 9.26 Å². The average Bonchev–Trinajstić information content (AvgIpc) is 3.24. The Labute approximate surface area is 132 Å². The number of aryl methyl sites for hydroxylation is 1. The Balaban J connectivity index is 1.78. The number of hydrogen-bond acceptors (Lipinski definition) is 5. The molecule has 2 N–H and O–H groups in total. The SMILES string of the molecule is Cc1cc2c(c(-c3ccc(-c4ccon4)s3)c1)OC(CN)C2. The third kappa shape index (κ3) is 2.23. The molecule has 4 rings (SSSR count). The Morgan fingerprint density at radius 1 is 1.27 bits per heavy atom. The van der Waals surface area contributed by atoms with Crippen molar-refractivity contribution in [1.29, 1.82) is 0 Å². The maximum atomic E-state index is 6.04. The van der Waals surface area contributed by atoms with Crippen LogP contribution in [0.3, 0.4) is 0 Å². The standard InChI is InChI=1S/C17H16N2O2S/c1-10-6-11-8-12(9-18)21-17(11)13(7-10)15-2-3-16(22-15)14-4-5-20-19-14/h2-7,12H,8-9,18H2,1H3. The molecule has 0 saturated carbocycles. The Kier molecular flexibility index (Phi) is 3.24. The lowest BCUT2D eigenvalue weighted by atomic mass is 10.0. The van der Waals surface area contributed by atoms with Crippen LogP contribution in [0.1, 0.15) is 11.1 Å². The van der Waals surface area contributed by atoms with Gasteiger partial charge in [0.05, 0.1) is 4.88 Å². The summed E-state index contributed by atoms with van der Waals surface area (Å²) < 4.78 is 11.0. The first-order valence-corrected chi connectivity index (χ1v) is 8.07. The van der Waals surface area contributed by atoms with Gasteiger partial charge < -0.3 is 15.0 Å². The molecule has 3 heterocycles. The van der Waals surface area contributed by atoms with Gasteiger partial charge in [0.2, 0.25) is 0 Å². The molecule has 4 nitrogen and oxygen atoms in total. The summed E-state index contributed by atoms with van der Waals surface area (Å²) >= 11 is 1.69. The van der Waals surface area contributed by atoms with Gasteiger partial charge in [0.15, 0.2) is 0 Å². The van der Waals surface area contributed by atoms with E-state index >= 15 is 0 Å². The third-order valence-electron chi connectivity index (χ3n) is 3.87. The number of benzene rings is 1. The van der Waals surface area contributed by atoms with Gasteiger partial charge in [-0.15, -0.1) is 11.3 Å². The molecule has 3 aromatic rings. The molecule has 0 spiro atoms. The molecule has 0 radical (unpaired) electrons. The van der Waals surface area contributed by atoms with Gasteiger partial charge >= 0.3 is 0 Å². The molecule has 1 atom stereocenters. The van der Waals surface area contributed by atoms with Gasteiger partial charge in [-0.1, -0.05) is 11.2 Å². The van der Waals surface area contributed by atoms with E-state index in [9.17, 15) is 0 Å². The van der Waals surface area contributed by atoms with Crippen LogP contribution in [-0.2, 0) is 6.42 Å². The summed E-state index contributed by atoms with van der Waals surface area (Å²) in [5.74, 6) is 0.981. The molecule has 0 fully saturated rings. The largest absolute Gasteiger partial charge is 0.488 e. The predicted octanol–water partition coefficient (Wildman–Crippen LogP) is 3.64. The molecular formula is C17H16N2O2S. The van der Waals surface area contributed by atoms with Crippen LogP contribution in [0.5, 0.6) is 5.75 Å². The zero-order chi connectivity index (χ0) is 15.1. The summed E-state index contributed by atoms with van der Waals surface area (Å²) in [6, 6.07) is 10.4. The van der Waals surface area contributed by atoms with Gasteiger partial charge in [0.1, 0.15) is 23.8 Å². The minimum absolute atomic E-state index is 0.0884. The Hall–Kier alpha value is -2.11. The Bertz CT molecular complexity index is 808. The van der Waals surface area contributed by atoms with Gasteiger partial charge in [-0.25, -0.2) is 0 Å². The zero-order valence-corrected chi connectivity index (χ0v) is 13.0. The second-order valence-electron chi connectivity index (χ2n) is 5.53. The fourth-order valence-electron chi connectivity index (χ4n) is 2.87. The predicted molar refractivity (Wildman–Crippen MR) is 87.2 cm³/mol. The van der Waals surface area contributed by atoms with E-state index in [2.05, 4.69) is 36.3 Å². The molecule has 0 saturated heterocycles. The summed E-state index contributed by atoms with van der Waals surface area (Å²) in [6.45, 7) is 2.66. The molecule has 112 valence electrons. The summed E-state index contributed by atoms with van der Waals surface area (Å²) in [5, 5.41) is 4.00. The molecule has 1 aliphatic rings. The first-order chi connectivity index (χ1) is 10.7. The zero-order valence-electron chi connectivity index (χ0n) is 12.2. The van der Waals surface area contributed by atoms with Crippen LogP contribution in [0, 0.1) is 6.92 Å².